The number of aryl methyl sites for hydroxylation is 2. The molecule has 0 spiro atoms. The maximum absolute atomic E-state index is 12.3. The Balaban J connectivity index is 1.85. The van der Waals surface area contributed by atoms with E-state index in [4.69, 9.17) is 11.6 Å². The van der Waals surface area contributed by atoms with Gasteiger partial charge >= 0.3 is 5.69 Å². The number of amides is 1. The molecule has 3 aromatic rings. The molecule has 1 amide bonds. The molecule has 0 radical (unpaired) electrons. The maximum atomic E-state index is 12.3. The fourth-order valence-electron chi connectivity index (χ4n) is 2.52. The molecule has 0 atom stereocenters. The van der Waals surface area contributed by atoms with Gasteiger partial charge in [-0.05, 0) is 49.2 Å². The Bertz CT molecular complexity index is 1090. The van der Waals surface area contributed by atoms with E-state index in [-0.39, 0.29) is 22.2 Å². The van der Waals surface area contributed by atoms with Gasteiger partial charge in [0.15, 0.2) is 0 Å². The van der Waals surface area contributed by atoms with Gasteiger partial charge in [-0.2, -0.15) is 0 Å². The van der Waals surface area contributed by atoms with Gasteiger partial charge in [-0.25, -0.2) is 9.97 Å². The number of anilines is 3. The first kappa shape index (κ1) is 20.0. The average Bonchev–Trinajstić information content (AvgIpc) is 2.69. The third-order valence-corrected chi connectivity index (χ3v) is 4.52. The van der Waals surface area contributed by atoms with E-state index < -0.39 is 16.5 Å². The van der Waals surface area contributed by atoms with Crippen molar-refractivity contribution >= 4 is 40.5 Å². The molecule has 0 saturated carbocycles. The first-order valence-corrected chi connectivity index (χ1v) is 8.89. The van der Waals surface area contributed by atoms with Gasteiger partial charge in [0, 0.05) is 5.69 Å². The number of halogens is 1. The number of hydrazine groups is 1. The minimum absolute atomic E-state index is 0.0113. The van der Waals surface area contributed by atoms with Crippen molar-refractivity contribution in [1.29, 1.82) is 0 Å². The lowest BCUT2D eigenvalue weighted by Crippen LogP contribution is -2.30. The first-order valence-electron chi connectivity index (χ1n) is 8.51. The van der Waals surface area contributed by atoms with Crippen LogP contribution in [0.25, 0.3) is 0 Å². The predicted octanol–water partition coefficient (Wildman–Crippen LogP) is 4.16. The van der Waals surface area contributed by atoms with E-state index in [1.807, 2.05) is 26.0 Å². The first-order chi connectivity index (χ1) is 13.9. The number of aromatic nitrogens is 2. The van der Waals surface area contributed by atoms with Gasteiger partial charge in [0.2, 0.25) is 11.6 Å². The highest BCUT2D eigenvalue weighted by atomic mass is 35.5. The molecule has 29 heavy (non-hydrogen) atoms. The molecule has 10 heteroatoms. The summed E-state index contributed by atoms with van der Waals surface area (Å²) in [5.74, 6) is -0.744. The van der Waals surface area contributed by atoms with E-state index in [2.05, 4.69) is 26.1 Å². The van der Waals surface area contributed by atoms with Crippen molar-refractivity contribution in [3.63, 3.8) is 0 Å². The summed E-state index contributed by atoms with van der Waals surface area (Å²) >= 11 is 5.99. The van der Waals surface area contributed by atoms with Crippen LogP contribution >= 0.6 is 11.6 Å². The van der Waals surface area contributed by atoms with E-state index in [9.17, 15) is 14.9 Å². The molecule has 9 nitrogen and oxygen atoms in total. The van der Waals surface area contributed by atoms with Crippen molar-refractivity contribution in [2.45, 2.75) is 13.8 Å². The molecule has 0 fully saturated rings. The van der Waals surface area contributed by atoms with Gasteiger partial charge < -0.3 is 5.32 Å². The van der Waals surface area contributed by atoms with Gasteiger partial charge in [0.25, 0.3) is 5.91 Å². The van der Waals surface area contributed by atoms with Crippen LogP contribution in [0.3, 0.4) is 0 Å². The van der Waals surface area contributed by atoms with E-state index in [0.29, 0.717) is 5.69 Å². The molecule has 0 aliphatic heterocycles. The monoisotopic (exact) mass is 412 g/mol. The highest BCUT2D eigenvalue weighted by Gasteiger charge is 2.24. The Kier molecular flexibility index (Phi) is 5.89. The van der Waals surface area contributed by atoms with Crippen molar-refractivity contribution in [2.24, 2.45) is 0 Å². The molecule has 0 unspecified atom stereocenters. The number of nitrogens with one attached hydrogen (secondary N) is 3. The number of nitro groups is 1. The highest BCUT2D eigenvalue weighted by molar-refractivity contribution is 6.33. The zero-order chi connectivity index (χ0) is 21.0. The normalized spacial score (nSPS) is 10.3. The van der Waals surface area contributed by atoms with E-state index in [1.54, 1.807) is 24.3 Å². The molecule has 148 valence electrons. The second kappa shape index (κ2) is 8.53. The lowest BCUT2D eigenvalue weighted by Gasteiger charge is -2.12. The summed E-state index contributed by atoms with van der Waals surface area (Å²) in [6.07, 6.45) is 1.15. The Hall–Kier alpha value is -3.72. The fourth-order valence-corrected chi connectivity index (χ4v) is 2.74. The van der Waals surface area contributed by atoms with Gasteiger partial charge in [-0.1, -0.05) is 29.8 Å². The van der Waals surface area contributed by atoms with Crippen LogP contribution in [0.4, 0.5) is 23.0 Å². The smallest absolute Gasteiger partial charge is 0.334 e. The van der Waals surface area contributed by atoms with Crippen LogP contribution < -0.4 is 16.2 Å². The van der Waals surface area contributed by atoms with Crippen LogP contribution in [0, 0.1) is 24.0 Å². The van der Waals surface area contributed by atoms with Gasteiger partial charge in [0.1, 0.15) is 6.33 Å². The predicted molar refractivity (Wildman–Crippen MR) is 110 cm³/mol. The van der Waals surface area contributed by atoms with Crippen LogP contribution in [-0.4, -0.2) is 20.8 Å². The molecular weight excluding hydrogens is 396 g/mol. The van der Waals surface area contributed by atoms with Crippen molar-refractivity contribution in [2.75, 3.05) is 10.7 Å². The lowest BCUT2D eigenvalue weighted by molar-refractivity contribution is -0.383. The number of benzene rings is 2. The van der Waals surface area contributed by atoms with Crippen LogP contribution in [0.1, 0.15) is 21.5 Å². The lowest BCUT2D eigenvalue weighted by atomic mass is 10.1. The highest BCUT2D eigenvalue weighted by Crippen LogP contribution is 2.31. The Morgan fingerprint density at radius 1 is 1.07 bits per heavy atom. The summed E-state index contributed by atoms with van der Waals surface area (Å²) in [7, 11) is 0. The average molecular weight is 413 g/mol. The zero-order valence-corrected chi connectivity index (χ0v) is 16.3. The molecule has 0 aliphatic carbocycles. The Morgan fingerprint density at radius 3 is 2.48 bits per heavy atom. The van der Waals surface area contributed by atoms with Crippen LogP contribution in [-0.2, 0) is 0 Å². The number of hydrogen-bond donors (Lipinski definition) is 3. The van der Waals surface area contributed by atoms with Crippen LogP contribution in [0.5, 0.6) is 0 Å². The number of rotatable bonds is 6. The molecule has 3 N–H and O–H groups in total. The molecule has 0 bridgehead atoms. The Morgan fingerprint density at radius 2 is 1.79 bits per heavy atom. The molecule has 1 aromatic heterocycles. The quantitative estimate of drug-likeness (QED) is 0.410. The SMILES string of the molecule is Cc1ccc(Nc2ncnc(NNC(=O)c3ccccc3Cl)c2[N+](=O)[O-])cc1C. The van der Waals surface area contributed by atoms with Crippen molar-refractivity contribution in [1.82, 2.24) is 15.4 Å². The summed E-state index contributed by atoms with van der Waals surface area (Å²) in [6, 6.07) is 12.0. The summed E-state index contributed by atoms with van der Waals surface area (Å²) in [5, 5.41) is 14.8. The molecular formula is C19H17ClN6O3. The molecule has 2 aromatic carbocycles. The Labute approximate surface area is 171 Å². The summed E-state index contributed by atoms with van der Waals surface area (Å²) < 4.78 is 0. The number of hydrogen-bond acceptors (Lipinski definition) is 7. The van der Waals surface area contributed by atoms with Gasteiger partial charge in [-0.15, -0.1) is 0 Å². The number of carbonyl (C=O) groups excluding carboxylic acids is 1. The summed E-state index contributed by atoms with van der Waals surface area (Å²) in [4.78, 5) is 31.1. The topological polar surface area (TPSA) is 122 Å². The largest absolute Gasteiger partial charge is 0.355 e. The summed E-state index contributed by atoms with van der Waals surface area (Å²) in [6.45, 7) is 3.90. The van der Waals surface area contributed by atoms with Gasteiger partial charge in [-0.3, -0.25) is 25.8 Å². The van der Waals surface area contributed by atoms with Crippen molar-refractivity contribution in [3.05, 3.63) is 80.6 Å². The van der Waals surface area contributed by atoms with E-state index in [0.717, 1.165) is 17.5 Å². The number of nitrogens with zero attached hydrogens (tertiary/aromatic N) is 3. The third-order valence-electron chi connectivity index (χ3n) is 4.19. The van der Waals surface area contributed by atoms with Crippen LogP contribution in [0.2, 0.25) is 5.02 Å². The van der Waals surface area contributed by atoms with Crippen molar-refractivity contribution < 1.29 is 9.72 Å². The second-order valence-electron chi connectivity index (χ2n) is 6.16. The van der Waals surface area contributed by atoms with Gasteiger partial charge in [0.05, 0.1) is 15.5 Å². The van der Waals surface area contributed by atoms with E-state index >= 15 is 0 Å². The van der Waals surface area contributed by atoms with Crippen molar-refractivity contribution in [3.8, 4) is 0 Å². The fraction of sp³-hybridized carbons (Fsp3) is 0.105. The number of carbonyl (C=O) groups is 1. The standard InChI is InChI=1S/C19H17ClN6O3/c1-11-7-8-13(9-12(11)2)23-17-16(26(28)29)18(22-10-21-17)24-25-19(27)14-5-3-4-6-15(14)20/h3-10H,1-2H3,(H,25,27)(H2,21,22,23,24). The molecule has 1 heterocycles. The van der Waals surface area contributed by atoms with Crippen LogP contribution in [0.15, 0.2) is 48.8 Å². The zero-order valence-electron chi connectivity index (χ0n) is 15.6. The minimum atomic E-state index is -0.632. The molecule has 0 aliphatic rings. The van der Waals surface area contributed by atoms with E-state index in [1.165, 1.54) is 6.07 Å². The molecule has 3 rings (SSSR count). The maximum Gasteiger partial charge on any atom is 0.355 e. The minimum Gasteiger partial charge on any atom is -0.334 e. The third kappa shape index (κ3) is 4.58. The second-order valence-corrected chi connectivity index (χ2v) is 6.57. The molecule has 0 saturated heterocycles. The summed E-state index contributed by atoms with van der Waals surface area (Å²) in [5.41, 5.74) is 7.40.